The number of halogens is 2. The summed E-state index contributed by atoms with van der Waals surface area (Å²) in [5, 5.41) is 3.40. The summed E-state index contributed by atoms with van der Waals surface area (Å²) in [7, 11) is 0. The van der Waals surface area contributed by atoms with E-state index in [4.69, 9.17) is 18.9 Å². The van der Waals surface area contributed by atoms with E-state index in [-0.39, 0.29) is 51.9 Å². The zero-order valence-electron chi connectivity index (χ0n) is 37.3. The van der Waals surface area contributed by atoms with Crippen LogP contribution in [-0.4, -0.2) is 93.8 Å². The molecule has 2 aliphatic rings. The Balaban J connectivity index is 1.45. The Kier molecular flexibility index (Phi) is 14.6. The van der Waals surface area contributed by atoms with Gasteiger partial charge in [0.2, 0.25) is 11.3 Å². The molecule has 2 amide bonds. The fourth-order valence-electron chi connectivity index (χ4n) is 7.39. The molecule has 4 atom stereocenters. The van der Waals surface area contributed by atoms with Gasteiger partial charge in [0, 0.05) is 63.9 Å². The molecule has 13 heteroatoms. The molecule has 59 heavy (non-hydrogen) atoms. The van der Waals surface area contributed by atoms with Gasteiger partial charge in [-0.1, -0.05) is 48.5 Å². The van der Waals surface area contributed by atoms with Crippen LogP contribution in [-0.2, 0) is 54.5 Å². The van der Waals surface area contributed by atoms with Crippen molar-refractivity contribution in [3.8, 4) is 0 Å². The van der Waals surface area contributed by atoms with Crippen molar-refractivity contribution >= 4 is 24.1 Å². The van der Waals surface area contributed by atoms with Gasteiger partial charge in [-0.3, -0.25) is 0 Å². The number of likely N-dealkylation sites (tertiary alicyclic amines) is 2. The molecule has 2 aliphatic heterocycles. The minimum absolute atomic E-state index is 0.0252. The molecular weight excluding hydrogens is 761 g/mol. The average Bonchev–Trinajstić information content (AvgIpc) is 3.78. The smallest absolute Gasteiger partial charge is 0.410 e. The Hall–Kier alpha value is -4.26. The van der Waals surface area contributed by atoms with Crippen LogP contribution in [0.25, 0.3) is 0 Å². The Morgan fingerprint density at radius 3 is 1.20 bits per heavy atom. The molecule has 1 N–H and O–H groups in total. The summed E-state index contributed by atoms with van der Waals surface area (Å²) in [4.78, 5) is 55.6. The number of carbonyl (C=O) groups excluding carboxylic acids is 4. The molecule has 2 saturated heterocycles. The summed E-state index contributed by atoms with van der Waals surface area (Å²) >= 11 is 0. The van der Waals surface area contributed by atoms with Crippen LogP contribution >= 0.6 is 0 Å². The maximum atomic E-state index is 17.2. The second kappa shape index (κ2) is 18.2. The number of alkyl halides is 2. The molecule has 2 heterocycles. The van der Waals surface area contributed by atoms with Crippen LogP contribution in [0, 0.1) is 11.8 Å². The van der Waals surface area contributed by atoms with Crippen molar-refractivity contribution in [1.29, 1.82) is 0 Å². The van der Waals surface area contributed by atoms with Gasteiger partial charge in [0.1, 0.15) is 22.4 Å². The zero-order chi connectivity index (χ0) is 44.2. The first-order valence-electron chi connectivity index (χ1n) is 20.7. The van der Waals surface area contributed by atoms with E-state index in [2.05, 4.69) is 5.32 Å². The molecular formula is C46H67F2N3O8. The lowest BCUT2D eigenvalue weighted by atomic mass is 9.82. The van der Waals surface area contributed by atoms with Crippen molar-refractivity contribution < 1.29 is 46.9 Å². The molecule has 2 fully saturated rings. The zero-order valence-corrected chi connectivity index (χ0v) is 37.3. The van der Waals surface area contributed by atoms with E-state index in [0.29, 0.717) is 24.2 Å². The van der Waals surface area contributed by atoms with Gasteiger partial charge in [-0.05, 0) is 118 Å². The van der Waals surface area contributed by atoms with E-state index in [0.717, 1.165) is 11.1 Å². The number of carbonyl (C=O) groups is 4. The van der Waals surface area contributed by atoms with Crippen molar-refractivity contribution in [3.05, 3.63) is 70.8 Å². The molecule has 2 aromatic carbocycles. The van der Waals surface area contributed by atoms with E-state index in [1.165, 1.54) is 9.80 Å². The maximum Gasteiger partial charge on any atom is 0.410 e. The first kappa shape index (κ1) is 47.4. The average molecular weight is 828 g/mol. The molecule has 2 unspecified atom stereocenters. The largest absolute Gasteiger partial charge is 0.458 e. The molecule has 0 bridgehead atoms. The number of esters is 2. The first-order valence-corrected chi connectivity index (χ1v) is 20.7. The number of rotatable bonds is 12. The molecule has 4 rings (SSSR count). The van der Waals surface area contributed by atoms with Gasteiger partial charge in [0.25, 0.3) is 0 Å². The summed E-state index contributed by atoms with van der Waals surface area (Å²) in [6, 6.07) is 14.7. The van der Waals surface area contributed by atoms with Crippen LogP contribution in [0.5, 0.6) is 0 Å². The Labute approximate surface area is 349 Å². The van der Waals surface area contributed by atoms with Crippen molar-refractivity contribution in [2.75, 3.05) is 26.2 Å². The summed E-state index contributed by atoms with van der Waals surface area (Å²) in [6.07, 6.45) is -0.993. The lowest BCUT2D eigenvalue weighted by Crippen LogP contribution is -2.48. The third-order valence-corrected chi connectivity index (χ3v) is 10.0. The normalized spacial score (nSPS) is 19.8. The minimum Gasteiger partial charge on any atom is -0.458 e. The number of amides is 2. The Morgan fingerprint density at radius 1 is 0.559 bits per heavy atom. The molecule has 11 nitrogen and oxygen atoms in total. The molecule has 328 valence electrons. The molecule has 0 spiro atoms. The van der Waals surface area contributed by atoms with Crippen LogP contribution in [0.4, 0.5) is 18.4 Å². The van der Waals surface area contributed by atoms with E-state index < -0.39 is 69.7 Å². The monoisotopic (exact) mass is 827 g/mol. The molecule has 0 radical (unpaired) electrons. The molecule has 0 aromatic heterocycles. The Morgan fingerprint density at radius 2 is 0.881 bits per heavy atom. The van der Waals surface area contributed by atoms with E-state index in [1.807, 2.05) is 36.4 Å². The maximum absolute atomic E-state index is 17.2. The fraction of sp³-hybridized carbons (Fsp3) is 0.652. The molecule has 2 aromatic rings. The number of nitrogens with zero attached hydrogens (tertiary/aromatic N) is 2. The second-order valence-corrected chi connectivity index (χ2v) is 20.1. The summed E-state index contributed by atoms with van der Waals surface area (Å²) in [6.45, 7) is 22.2. The van der Waals surface area contributed by atoms with Crippen LogP contribution in [0.3, 0.4) is 0 Å². The van der Waals surface area contributed by atoms with Gasteiger partial charge < -0.3 is 34.1 Å². The van der Waals surface area contributed by atoms with Gasteiger partial charge in [-0.2, -0.15) is 0 Å². The fourth-order valence-corrected chi connectivity index (χ4v) is 7.39. The lowest BCUT2D eigenvalue weighted by molar-refractivity contribution is -0.174. The van der Waals surface area contributed by atoms with Gasteiger partial charge in [-0.25, -0.2) is 28.0 Å². The van der Waals surface area contributed by atoms with Gasteiger partial charge >= 0.3 is 24.1 Å². The summed E-state index contributed by atoms with van der Waals surface area (Å²) in [5.74, 6) is -3.51. The first-order chi connectivity index (χ1) is 27.1. The van der Waals surface area contributed by atoms with E-state index >= 15 is 8.78 Å². The van der Waals surface area contributed by atoms with Crippen molar-refractivity contribution in [3.63, 3.8) is 0 Å². The number of nitrogens with one attached hydrogen (secondary N) is 1. The highest BCUT2D eigenvalue weighted by atomic mass is 19.1. The van der Waals surface area contributed by atoms with Crippen molar-refractivity contribution in [2.45, 2.75) is 156 Å². The number of hydrogen-bond donors (Lipinski definition) is 1. The molecule has 0 aliphatic carbocycles. The summed E-state index contributed by atoms with van der Waals surface area (Å²) < 4.78 is 56.7. The van der Waals surface area contributed by atoms with Crippen molar-refractivity contribution in [1.82, 2.24) is 15.1 Å². The van der Waals surface area contributed by atoms with Crippen LogP contribution in [0.1, 0.15) is 118 Å². The highest BCUT2D eigenvalue weighted by Gasteiger charge is 2.53. The van der Waals surface area contributed by atoms with Gasteiger partial charge in [-0.15, -0.1) is 0 Å². The predicted molar refractivity (Wildman–Crippen MR) is 222 cm³/mol. The van der Waals surface area contributed by atoms with Crippen LogP contribution in [0.15, 0.2) is 48.5 Å². The number of benzene rings is 2. The van der Waals surface area contributed by atoms with Crippen LogP contribution in [0.2, 0.25) is 0 Å². The van der Waals surface area contributed by atoms with Gasteiger partial charge in [0.15, 0.2) is 0 Å². The SMILES string of the molecule is CC(C)(C)OC(=O)N1CC[C@H](C(F)(Cc2cccc(CNCc3cccc(CC(F)(C(=O)OC(C)(C)C)[C@H]4CCN(C(=O)OC(C)(C)C)C4)c3)c2)C(=O)OC(C)(C)C)C1. The second-order valence-electron chi connectivity index (χ2n) is 20.1. The Bertz CT molecular complexity index is 1680. The number of ether oxygens (including phenoxy) is 4. The third-order valence-electron chi connectivity index (χ3n) is 10.0. The van der Waals surface area contributed by atoms with Crippen LogP contribution < -0.4 is 5.32 Å². The number of hydrogen-bond acceptors (Lipinski definition) is 9. The topological polar surface area (TPSA) is 124 Å². The minimum atomic E-state index is -2.39. The van der Waals surface area contributed by atoms with E-state index in [9.17, 15) is 19.2 Å². The van der Waals surface area contributed by atoms with Gasteiger partial charge in [0.05, 0.1) is 0 Å². The molecule has 0 saturated carbocycles. The predicted octanol–water partition coefficient (Wildman–Crippen LogP) is 8.68. The lowest BCUT2D eigenvalue weighted by Gasteiger charge is -2.33. The highest BCUT2D eigenvalue weighted by molar-refractivity contribution is 5.82. The highest BCUT2D eigenvalue weighted by Crippen LogP contribution is 2.39. The third kappa shape index (κ3) is 13.9. The van der Waals surface area contributed by atoms with E-state index in [1.54, 1.807) is 95.2 Å². The van der Waals surface area contributed by atoms with Crippen molar-refractivity contribution in [2.24, 2.45) is 11.8 Å². The quantitative estimate of drug-likeness (QED) is 0.165. The standard InChI is InChI=1S/C46H67F2N3O8/c1-41(2,3)56-37(52)45(47,35-19-21-50(29-35)39(54)58-43(7,8)9)25-31-15-13-17-33(23-31)27-49-28-34-18-14-16-32(24-34)26-46(48,38(53)57-42(4,5)6)36-20-22-51(30-36)40(55)59-44(10,11)12/h13-18,23-24,35-36,49H,19-22,25-30H2,1-12H3/t35-,36-,45?,46?/m0/s1. The summed E-state index contributed by atoms with van der Waals surface area (Å²) in [5.41, 5.74) is -5.12.